The first-order valence-electron chi connectivity index (χ1n) is 5.97. The molecule has 1 aromatic carbocycles. The van der Waals surface area contributed by atoms with Gasteiger partial charge in [-0.2, -0.15) is 0 Å². The van der Waals surface area contributed by atoms with E-state index in [0.717, 1.165) is 11.2 Å². The molecule has 3 rings (SSSR count). The number of fused-ring (bicyclic) bond motifs is 1. The minimum absolute atomic E-state index is 0.269. The number of hydrogen-bond acceptors (Lipinski definition) is 3. The predicted molar refractivity (Wildman–Crippen MR) is 72.2 cm³/mol. The van der Waals surface area contributed by atoms with Crippen LogP contribution in [0.4, 0.5) is 10.3 Å². The van der Waals surface area contributed by atoms with Gasteiger partial charge in [0.2, 0.25) is 5.95 Å². The number of imidazole rings is 1. The zero-order chi connectivity index (χ0) is 13.4. The molecule has 2 aromatic heterocycles. The first kappa shape index (κ1) is 11.6. The summed E-state index contributed by atoms with van der Waals surface area (Å²) in [5.74, 6) is 0.0978. The fraction of sp³-hybridized carbons (Fsp3) is 0.143. The highest BCUT2D eigenvalue weighted by Gasteiger charge is 2.11. The van der Waals surface area contributed by atoms with Crippen molar-refractivity contribution in [3.05, 3.63) is 53.6 Å². The number of pyridine rings is 1. The molecule has 0 aliphatic heterocycles. The van der Waals surface area contributed by atoms with Crippen LogP contribution in [-0.2, 0) is 6.54 Å². The van der Waals surface area contributed by atoms with Gasteiger partial charge in [-0.3, -0.25) is 4.98 Å². The van der Waals surface area contributed by atoms with Gasteiger partial charge >= 0.3 is 0 Å². The third-order valence-corrected chi connectivity index (χ3v) is 3.10. The lowest BCUT2D eigenvalue weighted by molar-refractivity contribution is 0.620. The highest BCUT2D eigenvalue weighted by atomic mass is 19.1. The highest BCUT2D eigenvalue weighted by molar-refractivity contribution is 5.79. The molecular formula is C14H13FN4. The minimum atomic E-state index is -0.269. The van der Waals surface area contributed by atoms with Crippen molar-refractivity contribution in [1.29, 1.82) is 0 Å². The van der Waals surface area contributed by atoms with E-state index < -0.39 is 0 Å². The summed E-state index contributed by atoms with van der Waals surface area (Å²) >= 11 is 0. The monoisotopic (exact) mass is 256 g/mol. The first-order chi connectivity index (χ1) is 9.15. The second-order valence-electron chi connectivity index (χ2n) is 4.47. The summed E-state index contributed by atoms with van der Waals surface area (Å²) in [5.41, 5.74) is 8.75. The molecule has 2 N–H and O–H groups in total. The quantitative estimate of drug-likeness (QED) is 0.766. The smallest absolute Gasteiger partial charge is 0.201 e. The standard InChI is InChI=1S/C14H13FN4/c1-9-6-13-12(7-11(9)15)18-14(16)19(13)8-10-4-2-3-5-17-10/h2-7H,8H2,1H3,(H2,16,18). The summed E-state index contributed by atoms with van der Waals surface area (Å²) in [4.78, 5) is 8.45. The van der Waals surface area contributed by atoms with Crippen LogP contribution < -0.4 is 5.73 Å². The second kappa shape index (κ2) is 4.35. The topological polar surface area (TPSA) is 56.7 Å². The average molecular weight is 256 g/mol. The number of aromatic nitrogens is 3. The summed E-state index contributed by atoms with van der Waals surface area (Å²) in [6, 6.07) is 8.87. The second-order valence-corrected chi connectivity index (χ2v) is 4.47. The maximum atomic E-state index is 13.5. The number of aryl methyl sites for hydroxylation is 1. The molecule has 5 heteroatoms. The molecule has 0 saturated carbocycles. The average Bonchev–Trinajstić information content (AvgIpc) is 2.68. The number of hydrogen-bond donors (Lipinski definition) is 1. The molecule has 0 aliphatic carbocycles. The van der Waals surface area contributed by atoms with Crippen LogP contribution >= 0.6 is 0 Å². The molecule has 0 unspecified atom stereocenters. The molecule has 19 heavy (non-hydrogen) atoms. The molecule has 3 aromatic rings. The number of nitrogens with two attached hydrogens (primary N) is 1. The first-order valence-corrected chi connectivity index (χ1v) is 5.97. The van der Waals surface area contributed by atoms with E-state index in [-0.39, 0.29) is 5.82 Å². The summed E-state index contributed by atoms with van der Waals surface area (Å²) in [7, 11) is 0. The van der Waals surface area contributed by atoms with E-state index in [0.29, 0.717) is 23.6 Å². The lowest BCUT2D eigenvalue weighted by atomic mass is 10.2. The maximum Gasteiger partial charge on any atom is 0.201 e. The Morgan fingerprint density at radius 3 is 2.89 bits per heavy atom. The van der Waals surface area contributed by atoms with Gasteiger partial charge in [0.05, 0.1) is 23.3 Å². The number of benzene rings is 1. The number of nitrogen functional groups attached to an aromatic ring is 1. The maximum absolute atomic E-state index is 13.5. The van der Waals surface area contributed by atoms with Crippen molar-refractivity contribution >= 4 is 17.0 Å². The fourth-order valence-corrected chi connectivity index (χ4v) is 2.09. The van der Waals surface area contributed by atoms with Crippen LogP contribution in [0.25, 0.3) is 11.0 Å². The summed E-state index contributed by atoms with van der Waals surface area (Å²) in [6.45, 7) is 2.25. The molecule has 0 amide bonds. The van der Waals surface area contributed by atoms with Crippen molar-refractivity contribution < 1.29 is 4.39 Å². The van der Waals surface area contributed by atoms with Crippen molar-refractivity contribution in [3.8, 4) is 0 Å². The van der Waals surface area contributed by atoms with Crippen LogP contribution in [0.3, 0.4) is 0 Å². The molecule has 0 radical (unpaired) electrons. The Hall–Kier alpha value is -2.43. The molecule has 0 saturated heterocycles. The van der Waals surface area contributed by atoms with Crippen LogP contribution in [0.2, 0.25) is 0 Å². The zero-order valence-electron chi connectivity index (χ0n) is 10.5. The van der Waals surface area contributed by atoms with Crippen molar-refractivity contribution in [2.75, 3.05) is 5.73 Å². The van der Waals surface area contributed by atoms with Gasteiger partial charge in [-0.05, 0) is 30.7 Å². The Balaban J connectivity index is 2.13. The van der Waals surface area contributed by atoms with Crippen LogP contribution in [0, 0.1) is 12.7 Å². The Morgan fingerprint density at radius 2 is 2.16 bits per heavy atom. The minimum Gasteiger partial charge on any atom is -0.369 e. The van der Waals surface area contributed by atoms with Crippen LogP contribution in [0.15, 0.2) is 36.5 Å². The van der Waals surface area contributed by atoms with E-state index >= 15 is 0 Å². The van der Waals surface area contributed by atoms with Gasteiger partial charge in [0.15, 0.2) is 0 Å². The molecule has 4 nitrogen and oxygen atoms in total. The molecule has 0 aliphatic rings. The SMILES string of the molecule is Cc1cc2c(cc1F)nc(N)n2Cc1ccccn1. The molecular weight excluding hydrogens is 243 g/mol. The summed E-state index contributed by atoms with van der Waals surface area (Å²) in [6.07, 6.45) is 1.73. The van der Waals surface area contributed by atoms with Gasteiger partial charge in [0.25, 0.3) is 0 Å². The lowest BCUT2D eigenvalue weighted by Gasteiger charge is -2.06. The lowest BCUT2D eigenvalue weighted by Crippen LogP contribution is -2.05. The van der Waals surface area contributed by atoms with Crippen LogP contribution in [-0.4, -0.2) is 14.5 Å². The van der Waals surface area contributed by atoms with E-state index in [2.05, 4.69) is 9.97 Å². The Bertz CT molecular complexity index is 734. The third kappa shape index (κ3) is 2.03. The van der Waals surface area contributed by atoms with E-state index in [4.69, 9.17) is 5.73 Å². The van der Waals surface area contributed by atoms with Crippen molar-refractivity contribution in [2.45, 2.75) is 13.5 Å². The molecule has 0 atom stereocenters. The third-order valence-electron chi connectivity index (χ3n) is 3.10. The van der Waals surface area contributed by atoms with Gasteiger partial charge in [0, 0.05) is 12.3 Å². The number of anilines is 1. The molecule has 96 valence electrons. The van der Waals surface area contributed by atoms with Crippen molar-refractivity contribution in [1.82, 2.24) is 14.5 Å². The van der Waals surface area contributed by atoms with Crippen molar-refractivity contribution in [3.63, 3.8) is 0 Å². The molecule has 0 bridgehead atoms. The summed E-state index contributed by atoms with van der Waals surface area (Å²) in [5, 5.41) is 0. The molecule has 2 heterocycles. The van der Waals surface area contributed by atoms with E-state index in [1.165, 1.54) is 6.07 Å². The highest BCUT2D eigenvalue weighted by Crippen LogP contribution is 2.22. The van der Waals surface area contributed by atoms with E-state index in [1.54, 1.807) is 19.2 Å². The number of halogens is 1. The Morgan fingerprint density at radius 1 is 1.32 bits per heavy atom. The number of nitrogens with zero attached hydrogens (tertiary/aromatic N) is 3. The van der Waals surface area contributed by atoms with E-state index in [1.807, 2.05) is 22.8 Å². The Labute approximate surface area is 109 Å². The van der Waals surface area contributed by atoms with Gasteiger partial charge in [0.1, 0.15) is 5.82 Å². The van der Waals surface area contributed by atoms with Crippen LogP contribution in [0.5, 0.6) is 0 Å². The largest absolute Gasteiger partial charge is 0.369 e. The van der Waals surface area contributed by atoms with Gasteiger partial charge in [-0.1, -0.05) is 6.07 Å². The van der Waals surface area contributed by atoms with Crippen molar-refractivity contribution in [2.24, 2.45) is 0 Å². The fourth-order valence-electron chi connectivity index (χ4n) is 2.09. The molecule has 0 fully saturated rings. The normalized spacial score (nSPS) is 11.1. The number of rotatable bonds is 2. The van der Waals surface area contributed by atoms with E-state index in [9.17, 15) is 4.39 Å². The van der Waals surface area contributed by atoms with Gasteiger partial charge in [-0.15, -0.1) is 0 Å². The zero-order valence-corrected chi connectivity index (χ0v) is 10.5. The van der Waals surface area contributed by atoms with Gasteiger partial charge < -0.3 is 10.3 Å². The predicted octanol–water partition coefficient (Wildman–Crippen LogP) is 2.51. The van der Waals surface area contributed by atoms with Crippen LogP contribution in [0.1, 0.15) is 11.3 Å². The van der Waals surface area contributed by atoms with Gasteiger partial charge in [-0.25, -0.2) is 9.37 Å². The summed E-state index contributed by atoms with van der Waals surface area (Å²) < 4.78 is 15.4. The molecule has 0 spiro atoms. The Kier molecular flexibility index (Phi) is 2.67.